The summed E-state index contributed by atoms with van der Waals surface area (Å²) in [5, 5.41) is 12.8. The van der Waals surface area contributed by atoms with E-state index in [9.17, 15) is 4.79 Å². The highest BCUT2D eigenvalue weighted by atomic mass is 32.2. The second-order valence-electron chi connectivity index (χ2n) is 5.58. The molecule has 1 aromatic carbocycles. The average molecular weight is 293 g/mol. The molecule has 4 heteroatoms. The highest BCUT2D eigenvalue weighted by Gasteiger charge is 2.21. The van der Waals surface area contributed by atoms with Crippen molar-refractivity contribution in [2.75, 3.05) is 13.1 Å². The molecule has 0 fully saturated rings. The van der Waals surface area contributed by atoms with Gasteiger partial charge in [0, 0.05) is 23.1 Å². The largest absolute Gasteiger partial charge is 0.481 e. The second kappa shape index (κ2) is 7.70. The Morgan fingerprint density at radius 1 is 1.45 bits per heavy atom. The van der Waals surface area contributed by atoms with Gasteiger partial charge in [0.25, 0.3) is 0 Å². The molecule has 0 amide bonds. The molecule has 3 nitrogen and oxygen atoms in total. The van der Waals surface area contributed by atoms with Crippen molar-refractivity contribution in [1.82, 2.24) is 5.32 Å². The molecule has 1 aliphatic rings. The number of hydrogen-bond donors (Lipinski definition) is 2. The van der Waals surface area contributed by atoms with Crippen molar-refractivity contribution in [2.24, 2.45) is 5.92 Å². The van der Waals surface area contributed by atoms with Crippen LogP contribution in [0.1, 0.15) is 31.7 Å². The van der Waals surface area contributed by atoms with Gasteiger partial charge in [-0.1, -0.05) is 25.1 Å². The van der Waals surface area contributed by atoms with Gasteiger partial charge < -0.3 is 10.4 Å². The number of nitrogens with one attached hydrogen (secondary N) is 1. The molecule has 0 saturated carbocycles. The minimum Gasteiger partial charge on any atom is -0.481 e. The summed E-state index contributed by atoms with van der Waals surface area (Å²) in [5.74, 6) is -0.211. The molecule has 1 aromatic rings. The number of carboxylic acid groups (broad SMARTS) is 1. The van der Waals surface area contributed by atoms with Crippen molar-refractivity contribution in [3.63, 3.8) is 0 Å². The van der Waals surface area contributed by atoms with Crippen LogP contribution in [0.25, 0.3) is 0 Å². The Morgan fingerprint density at radius 3 is 3.00 bits per heavy atom. The van der Waals surface area contributed by atoms with Crippen LogP contribution < -0.4 is 5.32 Å². The normalized spacial score (nSPS) is 18.8. The lowest BCUT2D eigenvalue weighted by atomic mass is 10.0. The van der Waals surface area contributed by atoms with Gasteiger partial charge in [0.1, 0.15) is 0 Å². The van der Waals surface area contributed by atoms with Crippen LogP contribution in [-0.2, 0) is 11.2 Å². The van der Waals surface area contributed by atoms with Crippen molar-refractivity contribution >= 4 is 17.7 Å². The smallest absolute Gasteiger partial charge is 0.303 e. The molecule has 0 aliphatic carbocycles. The number of fused-ring (bicyclic) bond motifs is 1. The van der Waals surface area contributed by atoms with Gasteiger partial charge in [-0.25, -0.2) is 0 Å². The van der Waals surface area contributed by atoms with Crippen LogP contribution in [0.4, 0.5) is 0 Å². The zero-order valence-corrected chi connectivity index (χ0v) is 12.8. The third kappa shape index (κ3) is 4.84. The SMILES string of the molecule is CC(CCNCC1Cc2ccccc2S1)CCC(=O)O. The van der Waals surface area contributed by atoms with Gasteiger partial charge in [0.05, 0.1) is 0 Å². The molecule has 110 valence electrons. The fourth-order valence-corrected chi connectivity index (χ4v) is 3.78. The van der Waals surface area contributed by atoms with Crippen LogP contribution in [0.3, 0.4) is 0 Å². The zero-order chi connectivity index (χ0) is 14.4. The van der Waals surface area contributed by atoms with Gasteiger partial charge in [-0.3, -0.25) is 4.79 Å². The molecular formula is C16H23NO2S. The number of thioether (sulfide) groups is 1. The third-order valence-electron chi connectivity index (χ3n) is 3.75. The highest BCUT2D eigenvalue weighted by molar-refractivity contribution is 8.00. The van der Waals surface area contributed by atoms with Crippen molar-refractivity contribution in [2.45, 2.75) is 42.8 Å². The highest BCUT2D eigenvalue weighted by Crippen LogP contribution is 2.36. The van der Waals surface area contributed by atoms with Gasteiger partial charge in [0.2, 0.25) is 0 Å². The lowest BCUT2D eigenvalue weighted by molar-refractivity contribution is -0.137. The molecule has 2 atom stereocenters. The molecule has 0 radical (unpaired) electrons. The molecule has 0 aromatic heterocycles. The lowest BCUT2D eigenvalue weighted by Gasteiger charge is -2.13. The van der Waals surface area contributed by atoms with Crippen LogP contribution in [0.5, 0.6) is 0 Å². The van der Waals surface area contributed by atoms with Crippen LogP contribution in [-0.4, -0.2) is 29.4 Å². The maximum Gasteiger partial charge on any atom is 0.303 e. The Balaban J connectivity index is 1.58. The van der Waals surface area contributed by atoms with Crippen LogP contribution >= 0.6 is 11.8 Å². The van der Waals surface area contributed by atoms with Gasteiger partial charge in [0.15, 0.2) is 0 Å². The van der Waals surface area contributed by atoms with Gasteiger partial charge >= 0.3 is 5.97 Å². The number of hydrogen-bond acceptors (Lipinski definition) is 3. The van der Waals surface area contributed by atoms with Crippen molar-refractivity contribution < 1.29 is 9.90 Å². The van der Waals surface area contributed by atoms with E-state index in [2.05, 4.69) is 36.5 Å². The summed E-state index contributed by atoms with van der Waals surface area (Å²) in [5.41, 5.74) is 1.47. The molecule has 2 unspecified atom stereocenters. The van der Waals surface area contributed by atoms with Gasteiger partial charge in [-0.05, 0) is 43.4 Å². The van der Waals surface area contributed by atoms with Gasteiger partial charge in [-0.15, -0.1) is 11.8 Å². The molecular weight excluding hydrogens is 270 g/mol. The fraction of sp³-hybridized carbons (Fsp3) is 0.562. The average Bonchev–Trinajstić information content (AvgIpc) is 2.84. The van der Waals surface area contributed by atoms with Crippen LogP contribution in [0.15, 0.2) is 29.2 Å². The first-order valence-electron chi connectivity index (χ1n) is 7.32. The third-order valence-corrected chi connectivity index (χ3v) is 5.07. The number of carbonyl (C=O) groups is 1. The Kier molecular flexibility index (Phi) is 5.92. The summed E-state index contributed by atoms with van der Waals surface area (Å²) in [6.07, 6.45) is 3.27. The maximum absolute atomic E-state index is 10.5. The predicted octanol–water partition coefficient (Wildman–Crippen LogP) is 3.18. The van der Waals surface area contributed by atoms with E-state index in [1.165, 1.54) is 10.5 Å². The second-order valence-corrected chi connectivity index (χ2v) is 6.92. The monoisotopic (exact) mass is 293 g/mol. The van der Waals surface area contributed by atoms with E-state index in [0.29, 0.717) is 11.2 Å². The molecule has 2 N–H and O–H groups in total. The first kappa shape index (κ1) is 15.4. The minimum absolute atomic E-state index is 0.287. The first-order chi connectivity index (χ1) is 9.65. The van der Waals surface area contributed by atoms with E-state index in [4.69, 9.17) is 5.11 Å². The molecule has 1 heterocycles. The van der Waals surface area contributed by atoms with Crippen molar-refractivity contribution in [1.29, 1.82) is 0 Å². The van der Waals surface area contributed by atoms with Crippen molar-refractivity contribution in [3.8, 4) is 0 Å². The Morgan fingerprint density at radius 2 is 2.25 bits per heavy atom. The Labute approximate surface area is 125 Å². The lowest BCUT2D eigenvalue weighted by Crippen LogP contribution is -2.26. The Hall–Kier alpha value is -1.00. The summed E-state index contributed by atoms with van der Waals surface area (Å²) in [6.45, 7) is 4.14. The van der Waals surface area contributed by atoms with Gasteiger partial charge in [-0.2, -0.15) is 0 Å². The number of aliphatic carboxylic acids is 1. The van der Waals surface area contributed by atoms with E-state index in [1.807, 2.05) is 11.8 Å². The summed E-state index contributed by atoms with van der Waals surface area (Å²) < 4.78 is 0. The summed E-state index contributed by atoms with van der Waals surface area (Å²) in [4.78, 5) is 11.9. The van der Waals surface area contributed by atoms with E-state index in [0.717, 1.165) is 32.4 Å². The van der Waals surface area contributed by atoms with E-state index in [-0.39, 0.29) is 6.42 Å². The van der Waals surface area contributed by atoms with E-state index < -0.39 is 5.97 Å². The van der Waals surface area contributed by atoms with E-state index >= 15 is 0 Å². The molecule has 0 saturated heterocycles. The fourth-order valence-electron chi connectivity index (χ4n) is 2.49. The summed E-state index contributed by atoms with van der Waals surface area (Å²) in [7, 11) is 0. The Bertz CT molecular complexity index is 425. The minimum atomic E-state index is -0.690. The molecule has 1 aliphatic heterocycles. The molecule has 2 rings (SSSR count). The molecule has 20 heavy (non-hydrogen) atoms. The summed E-state index contributed by atoms with van der Waals surface area (Å²) in [6, 6.07) is 8.63. The molecule has 0 bridgehead atoms. The number of rotatable bonds is 8. The standard InChI is InChI=1S/C16H23NO2S/c1-12(6-7-16(18)19)8-9-17-11-14-10-13-4-2-3-5-15(13)20-14/h2-5,12,14,17H,6-11H2,1H3,(H,18,19). The van der Waals surface area contributed by atoms with E-state index in [1.54, 1.807) is 0 Å². The van der Waals surface area contributed by atoms with Crippen molar-refractivity contribution in [3.05, 3.63) is 29.8 Å². The predicted molar refractivity (Wildman–Crippen MR) is 83.3 cm³/mol. The number of benzene rings is 1. The van der Waals surface area contributed by atoms with Crippen LogP contribution in [0, 0.1) is 5.92 Å². The number of carboxylic acids is 1. The first-order valence-corrected chi connectivity index (χ1v) is 8.20. The maximum atomic E-state index is 10.5. The quantitative estimate of drug-likeness (QED) is 0.723. The molecule has 0 spiro atoms. The van der Waals surface area contributed by atoms with Crippen LogP contribution in [0.2, 0.25) is 0 Å². The zero-order valence-electron chi connectivity index (χ0n) is 12.0. The summed E-state index contributed by atoms with van der Waals surface area (Å²) >= 11 is 1.97. The topological polar surface area (TPSA) is 49.3 Å².